The second-order valence-corrected chi connectivity index (χ2v) is 3.48. The molecule has 1 aromatic heterocycles. The molecule has 0 aliphatic carbocycles. The van der Waals surface area contributed by atoms with E-state index in [2.05, 4.69) is 9.97 Å². The summed E-state index contributed by atoms with van der Waals surface area (Å²) in [4.78, 5) is 17.3. The molecule has 12 heavy (non-hydrogen) atoms. The van der Waals surface area contributed by atoms with E-state index in [4.69, 9.17) is 5.73 Å². The quantitative estimate of drug-likeness (QED) is 0.630. The molecular formula is C8H13N3O. The summed E-state index contributed by atoms with van der Waals surface area (Å²) < 4.78 is 0. The van der Waals surface area contributed by atoms with Crippen molar-refractivity contribution in [3.05, 3.63) is 27.9 Å². The van der Waals surface area contributed by atoms with Crippen LogP contribution in [0, 0.1) is 6.92 Å². The summed E-state index contributed by atoms with van der Waals surface area (Å²) in [6, 6.07) is 1.78. The van der Waals surface area contributed by atoms with Crippen LogP contribution in [0.3, 0.4) is 0 Å². The Morgan fingerprint density at radius 1 is 1.58 bits per heavy atom. The van der Waals surface area contributed by atoms with E-state index in [0.29, 0.717) is 5.69 Å². The fourth-order valence-electron chi connectivity index (χ4n) is 0.910. The number of aryl methyl sites for hydroxylation is 1. The molecule has 0 aliphatic heterocycles. The minimum Gasteiger partial charge on any atom is -0.321 e. The molecule has 0 radical (unpaired) electrons. The molecule has 4 nitrogen and oxygen atoms in total. The fourth-order valence-corrected chi connectivity index (χ4v) is 0.910. The van der Waals surface area contributed by atoms with Gasteiger partial charge in [-0.3, -0.25) is 0 Å². The summed E-state index contributed by atoms with van der Waals surface area (Å²) in [7, 11) is 0. The van der Waals surface area contributed by atoms with Crippen molar-refractivity contribution in [2.24, 2.45) is 5.73 Å². The summed E-state index contributed by atoms with van der Waals surface area (Å²) in [5, 5.41) is 0. The average Bonchev–Trinajstić information content (AvgIpc) is 1.82. The Balaban J connectivity index is 3.27. The largest absolute Gasteiger partial charge is 0.345 e. The van der Waals surface area contributed by atoms with Gasteiger partial charge in [0.2, 0.25) is 0 Å². The summed E-state index contributed by atoms with van der Waals surface area (Å²) in [5.74, 6) is 0. The first-order chi connectivity index (χ1) is 5.39. The number of hydrogen-bond donors (Lipinski definition) is 2. The maximum absolute atomic E-state index is 10.9. The molecule has 0 atom stereocenters. The van der Waals surface area contributed by atoms with Crippen molar-refractivity contribution in [3.8, 4) is 0 Å². The Bertz CT molecular complexity index is 335. The Morgan fingerprint density at radius 2 is 2.17 bits per heavy atom. The van der Waals surface area contributed by atoms with Crippen LogP contribution >= 0.6 is 0 Å². The van der Waals surface area contributed by atoms with E-state index < -0.39 is 5.54 Å². The smallest absolute Gasteiger partial charge is 0.321 e. The maximum atomic E-state index is 10.9. The van der Waals surface area contributed by atoms with Gasteiger partial charge in [-0.25, -0.2) is 4.79 Å². The first-order valence-corrected chi connectivity index (χ1v) is 3.77. The minimum absolute atomic E-state index is 0.344. The van der Waals surface area contributed by atoms with Gasteiger partial charge in [-0.05, 0) is 26.8 Å². The predicted molar refractivity (Wildman–Crippen MR) is 46.8 cm³/mol. The summed E-state index contributed by atoms with van der Waals surface area (Å²) in [6.45, 7) is 5.43. The number of nitrogens with one attached hydrogen (secondary N) is 1. The predicted octanol–water partition coefficient (Wildman–Crippen LogP) is 0.272. The zero-order chi connectivity index (χ0) is 9.35. The van der Waals surface area contributed by atoms with E-state index in [1.165, 1.54) is 0 Å². The van der Waals surface area contributed by atoms with Gasteiger partial charge in [0, 0.05) is 5.69 Å². The molecule has 0 fully saturated rings. The van der Waals surface area contributed by atoms with Crippen molar-refractivity contribution in [1.82, 2.24) is 9.97 Å². The first-order valence-electron chi connectivity index (χ1n) is 3.77. The molecule has 0 saturated carbocycles. The van der Waals surface area contributed by atoms with Crippen LogP contribution in [0.25, 0.3) is 0 Å². The molecule has 3 N–H and O–H groups in total. The maximum Gasteiger partial charge on any atom is 0.345 e. The monoisotopic (exact) mass is 167 g/mol. The van der Waals surface area contributed by atoms with Crippen molar-refractivity contribution in [2.45, 2.75) is 26.3 Å². The molecule has 0 aromatic carbocycles. The molecule has 1 rings (SSSR count). The molecule has 0 aliphatic rings. The van der Waals surface area contributed by atoms with Crippen molar-refractivity contribution in [3.63, 3.8) is 0 Å². The lowest BCUT2D eigenvalue weighted by atomic mass is 10.0. The van der Waals surface area contributed by atoms with Gasteiger partial charge in [-0.1, -0.05) is 0 Å². The van der Waals surface area contributed by atoms with Crippen LogP contribution in [-0.4, -0.2) is 9.97 Å². The number of aromatic nitrogens is 2. The number of H-pyrrole nitrogens is 1. The number of nitrogens with two attached hydrogens (primary N) is 1. The topological polar surface area (TPSA) is 71.8 Å². The summed E-state index contributed by atoms with van der Waals surface area (Å²) >= 11 is 0. The normalized spacial score (nSPS) is 11.7. The van der Waals surface area contributed by atoms with Gasteiger partial charge in [0.05, 0.1) is 11.2 Å². The van der Waals surface area contributed by atoms with Crippen LogP contribution in [0.1, 0.15) is 25.2 Å². The van der Waals surface area contributed by atoms with E-state index in [9.17, 15) is 4.79 Å². The van der Waals surface area contributed by atoms with Gasteiger partial charge >= 0.3 is 5.69 Å². The Hall–Kier alpha value is -1.16. The van der Waals surface area contributed by atoms with Gasteiger partial charge < -0.3 is 10.7 Å². The highest BCUT2D eigenvalue weighted by Gasteiger charge is 2.16. The standard InChI is InChI=1S/C8H13N3O/c1-5-4-6(8(2,3)9)11-7(12)10-5/h4H,9H2,1-3H3,(H,10,11,12). The van der Waals surface area contributed by atoms with Crippen LogP contribution in [0.15, 0.2) is 10.9 Å². The molecule has 66 valence electrons. The Labute approximate surface area is 70.8 Å². The Morgan fingerprint density at radius 3 is 2.58 bits per heavy atom. The van der Waals surface area contributed by atoms with Crippen LogP contribution in [-0.2, 0) is 5.54 Å². The van der Waals surface area contributed by atoms with E-state index in [1.54, 1.807) is 13.0 Å². The first kappa shape index (κ1) is 8.93. The third-order valence-electron chi connectivity index (χ3n) is 1.54. The third kappa shape index (κ3) is 1.92. The molecule has 0 bridgehead atoms. The fraction of sp³-hybridized carbons (Fsp3) is 0.500. The highest BCUT2D eigenvalue weighted by molar-refractivity contribution is 5.14. The third-order valence-corrected chi connectivity index (χ3v) is 1.54. The van der Waals surface area contributed by atoms with Crippen molar-refractivity contribution < 1.29 is 0 Å². The van der Waals surface area contributed by atoms with Crippen molar-refractivity contribution in [1.29, 1.82) is 0 Å². The van der Waals surface area contributed by atoms with Gasteiger partial charge in [-0.2, -0.15) is 4.98 Å². The lowest BCUT2D eigenvalue weighted by molar-refractivity contribution is 0.530. The lowest BCUT2D eigenvalue weighted by Crippen LogP contribution is -2.32. The molecule has 1 aromatic rings. The zero-order valence-corrected chi connectivity index (χ0v) is 7.51. The molecule has 0 spiro atoms. The SMILES string of the molecule is Cc1cc(C(C)(C)N)nc(=O)[nH]1. The van der Waals surface area contributed by atoms with Crippen molar-refractivity contribution >= 4 is 0 Å². The van der Waals surface area contributed by atoms with Crippen LogP contribution < -0.4 is 11.4 Å². The van der Waals surface area contributed by atoms with Gasteiger partial charge in [0.25, 0.3) is 0 Å². The molecule has 0 amide bonds. The summed E-state index contributed by atoms with van der Waals surface area (Å²) in [5.41, 5.74) is 6.27. The van der Waals surface area contributed by atoms with E-state index >= 15 is 0 Å². The van der Waals surface area contributed by atoms with Crippen LogP contribution in [0.4, 0.5) is 0 Å². The van der Waals surface area contributed by atoms with Gasteiger partial charge in [0.15, 0.2) is 0 Å². The second kappa shape index (κ2) is 2.71. The number of hydrogen-bond acceptors (Lipinski definition) is 3. The number of rotatable bonds is 1. The highest BCUT2D eigenvalue weighted by Crippen LogP contribution is 2.11. The lowest BCUT2D eigenvalue weighted by Gasteiger charge is -2.17. The van der Waals surface area contributed by atoms with Crippen LogP contribution in [0.2, 0.25) is 0 Å². The minimum atomic E-state index is -0.557. The van der Waals surface area contributed by atoms with E-state index in [0.717, 1.165) is 5.69 Å². The van der Waals surface area contributed by atoms with Gasteiger partial charge in [-0.15, -0.1) is 0 Å². The van der Waals surface area contributed by atoms with Crippen molar-refractivity contribution in [2.75, 3.05) is 0 Å². The Kier molecular flexibility index (Phi) is 2.02. The van der Waals surface area contributed by atoms with Gasteiger partial charge in [0.1, 0.15) is 0 Å². The van der Waals surface area contributed by atoms with Crippen LogP contribution in [0.5, 0.6) is 0 Å². The second-order valence-electron chi connectivity index (χ2n) is 3.48. The molecule has 1 heterocycles. The molecular weight excluding hydrogens is 154 g/mol. The highest BCUT2D eigenvalue weighted by atomic mass is 16.1. The van der Waals surface area contributed by atoms with E-state index in [-0.39, 0.29) is 5.69 Å². The molecule has 4 heteroatoms. The zero-order valence-electron chi connectivity index (χ0n) is 7.51. The summed E-state index contributed by atoms with van der Waals surface area (Å²) in [6.07, 6.45) is 0. The molecule has 0 unspecified atom stereocenters. The van der Waals surface area contributed by atoms with E-state index in [1.807, 2.05) is 13.8 Å². The number of nitrogens with zero attached hydrogens (tertiary/aromatic N) is 1. The average molecular weight is 167 g/mol. The number of aromatic amines is 1. The molecule has 0 saturated heterocycles.